The van der Waals surface area contributed by atoms with E-state index in [2.05, 4.69) is 12.1 Å². The molecule has 0 saturated carbocycles. The van der Waals surface area contributed by atoms with Crippen LogP contribution < -0.4 is 9.47 Å². The number of para-hydroxylation sites is 2. The number of hydrogen-bond donors (Lipinski definition) is 1. The number of ether oxygens (including phenoxy) is 2. The summed E-state index contributed by atoms with van der Waals surface area (Å²) in [4.78, 5) is 6.02. The van der Waals surface area contributed by atoms with Gasteiger partial charge in [-0.2, -0.15) is 0 Å². The summed E-state index contributed by atoms with van der Waals surface area (Å²) in [7, 11) is 3.28. The van der Waals surface area contributed by atoms with Crippen LogP contribution in [0.25, 0.3) is 0 Å². The van der Waals surface area contributed by atoms with Gasteiger partial charge in [0.1, 0.15) is 5.75 Å². The highest BCUT2D eigenvalue weighted by Gasteiger charge is 2.24. The first-order valence-electron chi connectivity index (χ1n) is 9.03. The van der Waals surface area contributed by atoms with Crippen LogP contribution in [0.1, 0.15) is 22.8 Å². The van der Waals surface area contributed by atoms with E-state index in [0.717, 1.165) is 27.4 Å². The van der Waals surface area contributed by atoms with Crippen LogP contribution >= 0.6 is 11.8 Å². The van der Waals surface area contributed by atoms with Gasteiger partial charge in [-0.15, -0.1) is 11.8 Å². The molecule has 0 amide bonds. The van der Waals surface area contributed by atoms with E-state index in [9.17, 15) is 5.11 Å². The highest BCUT2D eigenvalue weighted by Crippen LogP contribution is 2.47. The van der Waals surface area contributed by atoms with Gasteiger partial charge in [0, 0.05) is 22.1 Å². The van der Waals surface area contributed by atoms with Crippen LogP contribution in [-0.2, 0) is 0 Å². The topological polar surface area (TPSA) is 51.0 Å². The fourth-order valence-electron chi connectivity index (χ4n) is 3.34. The Labute approximate surface area is 168 Å². The molecule has 3 aromatic rings. The maximum absolute atomic E-state index is 10.4. The molecular weight excluding hydrogens is 370 g/mol. The highest BCUT2D eigenvalue weighted by molar-refractivity contribution is 7.99. The van der Waals surface area contributed by atoms with Crippen LogP contribution in [0.5, 0.6) is 17.2 Å². The van der Waals surface area contributed by atoms with Gasteiger partial charge < -0.3 is 14.6 Å². The lowest BCUT2D eigenvalue weighted by Gasteiger charge is -2.18. The minimum Gasteiger partial charge on any atom is -0.507 e. The molecule has 28 heavy (non-hydrogen) atoms. The number of aromatic hydroxyl groups is 1. The molecule has 1 N–H and O–H groups in total. The number of rotatable bonds is 4. The molecule has 142 valence electrons. The third-order valence-electron chi connectivity index (χ3n) is 4.76. The lowest BCUT2D eigenvalue weighted by Crippen LogP contribution is -2.06. The Morgan fingerprint density at radius 1 is 0.929 bits per heavy atom. The van der Waals surface area contributed by atoms with Gasteiger partial charge in [-0.1, -0.05) is 30.3 Å². The van der Waals surface area contributed by atoms with Crippen molar-refractivity contribution in [3.05, 3.63) is 77.9 Å². The fraction of sp³-hybridized carbons (Fsp3) is 0.174. The number of aliphatic imine (C=N–C) groups is 1. The predicted molar refractivity (Wildman–Crippen MR) is 114 cm³/mol. The highest BCUT2D eigenvalue weighted by atomic mass is 32.2. The molecule has 4 nitrogen and oxygen atoms in total. The molecule has 0 spiro atoms. The number of phenolic OH excluding ortho intramolecular Hbond substituents is 1. The second kappa shape index (κ2) is 7.98. The number of nitrogens with zero attached hydrogens (tertiary/aromatic N) is 1. The van der Waals surface area contributed by atoms with E-state index < -0.39 is 0 Å². The molecule has 0 aliphatic carbocycles. The van der Waals surface area contributed by atoms with E-state index in [1.807, 2.05) is 48.5 Å². The molecule has 3 aromatic carbocycles. The molecule has 0 saturated heterocycles. The van der Waals surface area contributed by atoms with E-state index in [1.54, 1.807) is 32.0 Å². The first-order chi connectivity index (χ1) is 13.7. The Morgan fingerprint density at radius 2 is 1.68 bits per heavy atom. The average Bonchev–Trinajstić information content (AvgIpc) is 2.93. The molecule has 0 radical (unpaired) electrons. The molecule has 0 bridgehead atoms. The number of methoxy groups -OCH3 is 2. The smallest absolute Gasteiger partial charge is 0.161 e. The average molecular weight is 391 g/mol. The Bertz CT molecular complexity index is 1030. The number of hydrogen-bond acceptors (Lipinski definition) is 5. The van der Waals surface area contributed by atoms with Crippen LogP contribution in [-0.4, -0.2) is 25.0 Å². The first kappa shape index (κ1) is 18.4. The van der Waals surface area contributed by atoms with Gasteiger partial charge in [0.25, 0.3) is 0 Å². The number of phenols is 1. The molecule has 1 unspecified atom stereocenters. The third-order valence-corrected chi connectivity index (χ3v) is 6.09. The van der Waals surface area contributed by atoms with Crippen molar-refractivity contribution in [2.24, 2.45) is 4.99 Å². The van der Waals surface area contributed by atoms with Gasteiger partial charge in [0.05, 0.1) is 25.6 Å². The number of fused-ring (bicyclic) bond motifs is 1. The molecule has 0 fully saturated rings. The Balaban J connectivity index is 1.80. The molecule has 1 heterocycles. The van der Waals surface area contributed by atoms with Crippen molar-refractivity contribution in [2.45, 2.75) is 16.6 Å². The molecule has 0 aromatic heterocycles. The van der Waals surface area contributed by atoms with E-state index >= 15 is 0 Å². The molecule has 4 rings (SSSR count). The summed E-state index contributed by atoms with van der Waals surface area (Å²) in [6.45, 7) is 0. The number of thioether (sulfide) groups is 1. The molecular formula is C23H21NO3S. The lowest BCUT2D eigenvalue weighted by molar-refractivity contribution is 0.354. The summed E-state index contributed by atoms with van der Waals surface area (Å²) in [5, 5.41) is 10.5. The fourth-order valence-corrected chi connectivity index (χ4v) is 4.56. The second-order valence-electron chi connectivity index (χ2n) is 6.47. The normalized spacial score (nSPS) is 15.9. The maximum atomic E-state index is 10.4. The minimum absolute atomic E-state index is 0.127. The first-order valence-corrected chi connectivity index (χ1v) is 9.91. The van der Waals surface area contributed by atoms with Crippen molar-refractivity contribution in [1.82, 2.24) is 0 Å². The summed E-state index contributed by atoms with van der Waals surface area (Å²) in [5.41, 5.74) is 3.69. The van der Waals surface area contributed by atoms with Gasteiger partial charge in [0.2, 0.25) is 0 Å². The maximum Gasteiger partial charge on any atom is 0.161 e. The van der Waals surface area contributed by atoms with E-state index in [-0.39, 0.29) is 11.0 Å². The summed E-state index contributed by atoms with van der Waals surface area (Å²) in [6, 6.07) is 21.5. The largest absolute Gasteiger partial charge is 0.507 e. The van der Waals surface area contributed by atoms with E-state index in [1.165, 1.54) is 0 Å². The van der Waals surface area contributed by atoms with E-state index in [4.69, 9.17) is 14.5 Å². The minimum atomic E-state index is 0.127. The van der Waals surface area contributed by atoms with Crippen molar-refractivity contribution in [2.75, 3.05) is 14.2 Å². The summed E-state index contributed by atoms with van der Waals surface area (Å²) in [5.74, 6) is 1.66. The molecule has 1 aliphatic heterocycles. The van der Waals surface area contributed by atoms with Gasteiger partial charge in [-0.25, -0.2) is 0 Å². The third kappa shape index (κ3) is 3.58. The molecule has 1 atom stereocenters. The van der Waals surface area contributed by atoms with Crippen LogP contribution in [0.15, 0.2) is 76.6 Å². The summed E-state index contributed by atoms with van der Waals surface area (Å²) < 4.78 is 10.9. The zero-order valence-corrected chi connectivity index (χ0v) is 16.6. The molecule has 5 heteroatoms. The van der Waals surface area contributed by atoms with Crippen LogP contribution in [0, 0.1) is 0 Å². The second-order valence-corrected chi connectivity index (χ2v) is 7.71. The van der Waals surface area contributed by atoms with Crippen LogP contribution in [0.3, 0.4) is 0 Å². The zero-order valence-electron chi connectivity index (χ0n) is 15.8. The summed E-state index contributed by atoms with van der Waals surface area (Å²) in [6.07, 6.45) is 0.687. The van der Waals surface area contributed by atoms with Gasteiger partial charge in [-0.05, 0) is 42.0 Å². The van der Waals surface area contributed by atoms with E-state index in [0.29, 0.717) is 17.9 Å². The van der Waals surface area contributed by atoms with Crippen molar-refractivity contribution in [3.8, 4) is 17.2 Å². The Kier molecular flexibility index (Phi) is 5.26. The van der Waals surface area contributed by atoms with Crippen molar-refractivity contribution < 1.29 is 14.6 Å². The number of benzene rings is 3. The lowest BCUT2D eigenvalue weighted by atomic mass is 10.00. The monoisotopic (exact) mass is 391 g/mol. The van der Waals surface area contributed by atoms with Crippen LogP contribution in [0.4, 0.5) is 5.69 Å². The van der Waals surface area contributed by atoms with Gasteiger partial charge in [-0.3, -0.25) is 4.99 Å². The van der Waals surface area contributed by atoms with Gasteiger partial charge in [0.15, 0.2) is 11.5 Å². The Morgan fingerprint density at radius 3 is 2.46 bits per heavy atom. The quantitative estimate of drug-likeness (QED) is 0.614. The predicted octanol–water partition coefficient (Wildman–Crippen LogP) is 5.77. The van der Waals surface area contributed by atoms with Crippen molar-refractivity contribution in [3.63, 3.8) is 0 Å². The van der Waals surface area contributed by atoms with Crippen LogP contribution in [0.2, 0.25) is 0 Å². The standard InChI is InChI=1S/C23H21NO3S/c1-26-20-12-11-15(13-21(20)27-2)23-14-18(16-7-3-5-9-19(16)25)24-17-8-4-6-10-22(17)28-23/h3-13,23,25H,14H2,1-2H3. The zero-order chi connectivity index (χ0) is 19.5. The van der Waals surface area contributed by atoms with Crippen molar-refractivity contribution in [1.29, 1.82) is 0 Å². The SMILES string of the molecule is COc1ccc(C2CC(c3ccccc3O)=Nc3ccccc3S2)cc1OC. The van der Waals surface area contributed by atoms with Crippen molar-refractivity contribution >= 4 is 23.2 Å². The molecule has 1 aliphatic rings. The van der Waals surface area contributed by atoms with Gasteiger partial charge >= 0.3 is 0 Å². The summed E-state index contributed by atoms with van der Waals surface area (Å²) >= 11 is 1.78. The Hall–Kier alpha value is -2.92.